The minimum absolute atomic E-state index is 0.0862. The first-order valence-electron chi connectivity index (χ1n) is 10.1. The van der Waals surface area contributed by atoms with E-state index in [0.717, 1.165) is 12.8 Å². The molecule has 7 heteroatoms. The minimum atomic E-state index is -4.74. The van der Waals surface area contributed by atoms with Crippen LogP contribution in [0.2, 0.25) is 0 Å². The summed E-state index contributed by atoms with van der Waals surface area (Å²) >= 11 is 0. The summed E-state index contributed by atoms with van der Waals surface area (Å²) in [6.07, 6.45) is -5.06. The smallest absolute Gasteiger partial charge is 0.400 e. The molecule has 0 bridgehead atoms. The van der Waals surface area contributed by atoms with E-state index >= 15 is 4.39 Å². The Hall–Kier alpha value is -1.79. The van der Waals surface area contributed by atoms with Gasteiger partial charge in [0.1, 0.15) is 22.3 Å². The fourth-order valence-corrected chi connectivity index (χ4v) is 4.21. The summed E-state index contributed by atoms with van der Waals surface area (Å²) in [5, 5.41) is 0. The standard InChI is InChI=1S/C22H28F4O3/c1-20(2,3)29-18(27)16-8-4-5-9-17(16)28-19(23)21(22(24,25)26)12-6-7-15(13-21)14-10-11-14/h4-5,8-9,14-15,19H,6-7,10-13H2,1-3H3. The second-order valence-electron chi connectivity index (χ2n) is 9.28. The molecule has 3 rings (SSSR count). The Morgan fingerprint density at radius 1 is 1.10 bits per heavy atom. The number of hydrogen-bond acceptors (Lipinski definition) is 3. The van der Waals surface area contributed by atoms with Crippen molar-refractivity contribution in [3.8, 4) is 5.75 Å². The molecule has 3 unspecified atom stereocenters. The van der Waals surface area contributed by atoms with E-state index in [2.05, 4.69) is 0 Å². The quantitative estimate of drug-likeness (QED) is 0.408. The van der Waals surface area contributed by atoms with Crippen LogP contribution in [0.5, 0.6) is 5.75 Å². The zero-order valence-electron chi connectivity index (χ0n) is 17.0. The summed E-state index contributed by atoms with van der Waals surface area (Å²) in [5.41, 5.74) is -3.44. The average Bonchev–Trinajstić information content (AvgIpc) is 3.45. The summed E-state index contributed by atoms with van der Waals surface area (Å²) in [7, 11) is 0. The molecule has 0 saturated heterocycles. The lowest BCUT2D eigenvalue weighted by Gasteiger charge is -2.43. The fourth-order valence-electron chi connectivity index (χ4n) is 4.21. The van der Waals surface area contributed by atoms with Crippen molar-refractivity contribution < 1.29 is 31.8 Å². The van der Waals surface area contributed by atoms with Crippen LogP contribution in [0, 0.1) is 17.3 Å². The monoisotopic (exact) mass is 416 g/mol. The van der Waals surface area contributed by atoms with Crippen molar-refractivity contribution in [2.75, 3.05) is 0 Å². The number of hydrogen-bond donors (Lipinski definition) is 0. The van der Waals surface area contributed by atoms with E-state index in [1.807, 2.05) is 0 Å². The molecule has 162 valence electrons. The van der Waals surface area contributed by atoms with Gasteiger partial charge < -0.3 is 9.47 Å². The third kappa shape index (κ3) is 4.86. The molecule has 1 aromatic rings. The molecule has 0 aliphatic heterocycles. The molecule has 1 aromatic carbocycles. The molecular weight excluding hydrogens is 388 g/mol. The van der Waals surface area contributed by atoms with Gasteiger partial charge in [-0.1, -0.05) is 25.0 Å². The molecule has 29 heavy (non-hydrogen) atoms. The molecule has 0 spiro atoms. The number of carbonyl (C=O) groups is 1. The molecule has 0 N–H and O–H groups in total. The lowest BCUT2D eigenvalue weighted by atomic mass is 9.67. The summed E-state index contributed by atoms with van der Waals surface area (Å²) in [4.78, 5) is 12.4. The average molecular weight is 416 g/mol. The molecular formula is C22H28F4O3. The fraction of sp³-hybridized carbons (Fsp3) is 0.682. The number of para-hydroxylation sites is 1. The lowest BCUT2D eigenvalue weighted by molar-refractivity contribution is -0.287. The second-order valence-corrected chi connectivity index (χ2v) is 9.28. The summed E-state index contributed by atoms with van der Waals surface area (Å²) in [5.74, 6) is -0.862. The summed E-state index contributed by atoms with van der Waals surface area (Å²) in [6, 6.07) is 5.69. The van der Waals surface area contributed by atoms with Crippen molar-refractivity contribution in [1.82, 2.24) is 0 Å². The van der Waals surface area contributed by atoms with Crippen LogP contribution in [0.4, 0.5) is 17.6 Å². The van der Waals surface area contributed by atoms with Gasteiger partial charge in [-0.15, -0.1) is 0 Å². The van der Waals surface area contributed by atoms with Gasteiger partial charge >= 0.3 is 12.1 Å². The van der Waals surface area contributed by atoms with E-state index in [4.69, 9.17) is 9.47 Å². The van der Waals surface area contributed by atoms with Gasteiger partial charge in [0.05, 0.1) is 0 Å². The van der Waals surface area contributed by atoms with Crippen LogP contribution in [0.3, 0.4) is 0 Å². The van der Waals surface area contributed by atoms with E-state index in [1.54, 1.807) is 20.8 Å². The van der Waals surface area contributed by atoms with E-state index < -0.39 is 29.5 Å². The molecule has 0 amide bonds. The SMILES string of the molecule is CC(C)(C)OC(=O)c1ccccc1OC(F)C1(C(F)(F)F)CCCC(C2CC2)C1. The maximum absolute atomic E-state index is 15.3. The van der Waals surface area contributed by atoms with Crippen LogP contribution < -0.4 is 4.74 Å². The molecule has 3 atom stereocenters. The Kier molecular flexibility index (Phi) is 5.89. The molecule has 0 radical (unpaired) electrons. The normalized spacial score (nSPS) is 26.7. The number of ether oxygens (including phenoxy) is 2. The van der Waals surface area contributed by atoms with Crippen molar-refractivity contribution in [2.45, 2.75) is 77.4 Å². The van der Waals surface area contributed by atoms with E-state index in [0.29, 0.717) is 12.8 Å². The molecule has 3 nitrogen and oxygen atoms in total. The molecule has 0 aromatic heterocycles. The van der Waals surface area contributed by atoms with Crippen LogP contribution in [-0.4, -0.2) is 24.1 Å². The van der Waals surface area contributed by atoms with Crippen molar-refractivity contribution in [3.63, 3.8) is 0 Å². The van der Waals surface area contributed by atoms with Crippen molar-refractivity contribution in [1.29, 1.82) is 0 Å². The number of benzene rings is 1. The maximum Gasteiger partial charge on any atom is 0.400 e. The number of rotatable bonds is 5. The molecule has 2 aliphatic rings. The third-order valence-corrected chi connectivity index (χ3v) is 5.85. The zero-order chi connectivity index (χ0) is 21.4. The maximum atomic E-state index is 15.3. The summed E-state index contributed by atoms with van der Waals surface area (Å²) in [6.45, 7) is 5.01. The van der Waals surface area contributed by atoms with Crippen LogP contribution in [0.15, 0.2) is 24.3 Å². The van der Waals surface area contributed by atoms with Gasteiger partial charge in [-0.2, -0.15) is 13.2 Å². The second kappa shape index (κ2) is 7.80. The first kappa shape index (κ1) is 21.9. The van der Waals surface area contributed by atoms with Gasteiger partial charge in [0.25, 0.3) is 6.36 Å². The Balaban J connectivity index is 1.85. The first-order valence-corrected chi connectivity index (χ1v) is 10.1. The van der Waals surface area contributed by atoms with Crippen molar-refractivity contribution in [2.24, 2.45) is 17.3 Å². The summed E-state index contributed by atoms with van der Waals surface area (Å²) < 4.78 is 68.0. The number of carbonyl (C=O) groups excluding carboxylic acids is 1. The highest BCUT2D eigenvalue weighted by Gasteiger charge is 2.63. The first-order chi connectivity index (χ1) is 13.4. The minimum Gasteiger partial charge on any atom is -0.459 e. The van der Waals surface area contributed by atoms with Gasteiger partial charge in [-0.05, 0) is 70.4 Å². The Bertz CT molecular complexity index is 736. The highest BCUT2D eigenvalue weighted by atomic mass is 19.4. The number of halogens is 4. The largest absolute Gasteiger partial charge is 0.459 e. The van der Waals surface area contributed by atoms with E-state index in [9.17, 15) is 18.0 Å². The van der Waals surface area contributed by atoms with Crippen molar-refractivity contribution >= 4 is 5.97 Å². The third-order valence-electron chi connectivity index (χ3n) is 5.85. The number of esters is 1. The van der Waals surface area contributed by atoms with Gasteiger partial charge in [0, 0.05) is 0 Å². The zero-order valence-corrected chi connectivity index (χ0v) is 17.0. The van der Waals surface area contributed by atoms with Gasteiger partial charge in [0.2, 0.25) is 0 Å². The highest BCUT2D eigenvalue weighted by molar-refractivity contribution is 5.92. The van der Waals surface area contributed by atoms with Gasteiger partial charge in [-0.25, -0.2) is 9.18 Å². The number of alkyl halides is 4. The Labute approximate surface area is 168 Å². The lowest BCUT2D eigenvalue weighted by Crippen LogP contribution is -2.51. The van der Waals surface area contributed by atoms with Gasteiger partial charge in [-0.3, -0.25) is 0 Å². The Morgan fingerprint density at radius 3 is 2.34 bits per heavy atom. The van der Waals surface area contributed by atoms with Crippen molar-refractivity contribution in [3.05, 3.63) is 29.8 Å². The van der Waals surface area contributed by atoms with Gasteiger partial charge in [0.15, 0.2) is 0 Å². The van der Waals surface area contributed by atoms with E-state index in [-0.39, 0.29) is 36.0 Å². The van der Waals surface area contributed by atoms with Crippen LogP contribution in [-0.2, 0) is 4.74 Å². The molecule has 2 saturated carbocycles. The van der Waals surface area contributed by atoms with Crippen LogP contribution in [0.25, 0.3) is 0 Å². The molecule has 2 fully saturated rings. The molecule has 2 aliphatic carbocycles. The van der Waals surface area contributed by atoms with E-state index in [1.165, 1.54) is 24.3 Å². The van der Waals surface area contributed by atoms with Crippen LogP contribution in [0.1, 0.15) is 69.7 Å². The topological polar surface area (TPSA) is 35.5 Å². The van der Waals surface area contributed by atoms with Crippen LogP contribution >= 0.6 is 0 Å². The predicted molar refractivity (Wildman–Crippen MR) is 100 cm³/mol. The highest BCUT2D eigenvalue weighted by Crippen LogP contribution is 2.58. The predicted octanol–water partition coefficient (Wildman–Crippen LogP) is 6.47. The Morgan fingerprint density at radius 2 is 1.76 bits per heavy atom. The molecule has 0 heterocycles.